The molecule has 4 rings (SSSR count). The lowest BCUT2D eigenvalue weighted by Crippen LogP contribution is -2.30. The highest BCUT2D eigenvalue weighted by atomic mass is 32.1. The molecule has 0 atom stereocenters. The number of likely N-dealkylation sites (N-methyl/N-ethyl adjacent to an activating group) is 1. The van der Waals surface area contributed by atoms with Gasteiger partial charge in [-0.15, -0.1) is 11.3 Å². The van der Waals surface area contributed by atoms with Crippen molar-refractivity contribution in [3.8, 4) is 11.4 Å². The highest BCUT2D eigenvalue weighted by molar-refractivity contribution is 7.20. The number of aryl methyl sites for hydroxylation is 1. The van der Waals surface area contributed by atoms with Gasteiger partial charge in [-0.2, -0.15) is 5.10 Å². The Morgan fingerprint density at radius 2 is 1.90 bits per heavy atom. The predicted molar refractivity (Wildman–Crippen MR) is 113 cm³/mol. The number of nitrogens with zero attached hydrogens (tertiary/aromatic N) is 3. The number of ether oxygens (including phenoxy) is 1. The summed E-state index contributed by atoms with van der Waals surface area (Å²) in [6.07, 6.45) is 0. The fourth-order valence-corrected chi connectivity index (χ4v) is 4.19. The topological polar surface area (TPSA) is 47.4 Å². The van der Waals surface area contributed by atoms with E-state index in [1.165, 1.54) is 23.5 Å². The first-order valence-corrected chi connectivity index (χ1v) is 10.0. The van der Waals surface area contributed by atoms with Gasteiger partial charge in [-0.05, 0) is 49.4 Å². The van der Waals surface area contributed by atoms with Crippen molar-refractivity contribution in [2.24, 2.45) is 0 Å². The van der Waals surface area contributed by atoms with E-state index < -0.39 is 0 Å². The number of rotatable bonds is 6. The summed E-state index contributed by atoms with van der Waals surface area (Å²) in [7, 11) is 1.76. The van der Waals surface area contributed by atoms with E-state index in [0.717, 1.165) is 27.3 Å². The highest BCUT2D eigenvalue weighted by Gasteiger charge is 2.19. The minimum Gasteiger partial charge on any atom is -0.492 e. The van der Waals surface area contributed by atoms with Crippen LogP contribution in [-0.2, 0) is 0 Å². The van der Waals surface area contributed by atoms with E-state index in [9.17, 15) is 9.18 Å². The SMILES string of the molecule is Cc1nn(-c2ccc(F)cc2)c2sc(C(=O)N(C)CCOc3ccccc3)cc12. The van der Waals surface area contributed by atoms with Gasteiger partial charge >= 0.3 is 0 Å². The summed E-state index contributed by atoms with van der Waals surface area (Å²) in [5.41, 5.74) is 1.59. The van der Waals surface area contributed by atoms with Crippen LogP contribution in [0.4, 0.5) is 4.39 Å². The molecule has 2 aromatic carbocycles. The Kier molecular flexibility index (Phi) is 5.31. The van der Waals surface area contributed by atoms with Gasteiger partial charge in [0.1, 0.15) is 23.0 Å². The molecule has 5 nitrogen and oxygen atoms in total. The van der Waals surface area contributed by atoms with Crippen LogP contribution in [0.3, 0.4) is 0 Å². The van der Waals surface area contributed by atoms with Crippen LogP contribution in [0, 0.1) is 12.7 Å². The summed E-state index contributed by atoms with van der Waals surface area (Å²) in [4.78, 5) is 16.0. The number of aromatic nitrogens is 2. The molecule has 4 aromatic rings. The second-order valence-electron chi connectivity index (χ2n) is 6.69. The van der Waals surface area contributed by atoms with Crippen LogP contribution in [0.5, 0.6) is 5.75 Å². The van der Waals surface area contributed by atoms with Gasteiger partial charge in [0.15, 0.2) is 0 Å². The number of hydrogen-bond acceptors (Lipinski definition) is 4. The van der Waals surface area contributed by atoms with Crippen LogP contribution in [0.25, 0.3) is 15.9 Å². The number of carbonyl (C=O) groups is 1. The monoisotopic (exact) mass is 409 g/mol. The first-order chi connectivity index (χ1) is 14.0. The maximum absolute atomic E-state index is 13.2. The quantitative estimate of drug-likeness (QED) is 0.464. The number of benzene rings is 2. The maximum atomic E-state index is 13.2. The van der Waals surface area contributed by atoms with Crippen molar-refractivity contribution in [2.75, 3.05) is 20.2 Å². The number of para-hydroxylation sites is 1. The Labute approximate surface area is 171 Å². The smallest absolute Gasteiger partial charge is 0.263 e. The van der Waals surface area contributed by atoms with Crippen molar-refractivity contribution in [2.45, 2.75) is 6.92 Å². The molecule has 0 N–H and O–H groups in total. The summed E-state index contributed by atoms with van der Waals surface area (Å²) >= 11 is 1.38. The Morgan fingerprint density at radius 3 is 2.62 bits per heavy atom. The van der Waals surface area contributed by atoms with Crippen molar-refractivity contribution in [3.05, 3.63) is 77.1 Å². The lowest BCUT2D eigenvalue weighted by Gasteiger charge is -2.16. The summed E-state index contributed by atoms with van der Waals surface area (Å²) in [5, 5.41) is 5.47. The Balaban J connectivity index is 1.50. The minimum absolute atomic E-state index is 0.0621. The second-order valence-corrected chi connectivity index (χ2v) is 7.72. The van der Waals surface area contributed by atoms with Crippen LogP contribution in [-0.4, -0.2) is 40.8 Å². The van der Waals surface area contributed by atoms with E-state index in [0.29, 0.717) is 18.0 Å². The van der Waals surface area contributed by atoms with Gasteiger partial charge < -0.3 is 9.64 Å². The van der Waals surface area contributed by atoms with E-state index in [1.807, 2.05) is 43.3 Å². The molecule has 2 aromatic heterocycles. The standard InChI is InChI=1S/C22H20FN3O2S/c1-15-19-14-20(21(27)25(2)12-13-28-18-6-4-3-5-7-18)29-22(19)26(24-15)17-10-8-16(23)9-11-17/h3-11,14H,12-13H2,1-2H3. The molecule has 1 amide bonds. The van der Waals surface area contributed by atoms with E-state index in [2.05, 4.69) is 5.10 Å². The molecule has 0 aliphatic rings. The first kappa shape index (κ1) is 19.1. The molecule has 148 valence electrons. The van der Waals surface area contributed by atoms with Gasteiger partial charge in [0.2, 0.25) is 0 Å². The van der Waals surface area contributed by atoms with Crippen molar-refractivity contribution >= 4 is 27.5 Å². The molecule has 29 heavy (non-hydrogen) atoms. The third-order valence-electron chi connectivity index (χ3n) is 4.61. The highest BCUT2D eigenvalue weighted by Crippen LogP contribution is 2.31. The van der Waals surface area contributed by atoms with Crippen molar-refractivity contribution in [3.63, 3.8) is 0 Å². The first-order valence-electron chi connectivity index (χ1n) is 9.21. The minimum atomic E-state index is -0.296. The lowest BCUT2D eigenvalue weighted by atomic mass is 10.3. The van der Waals surface area contributed by atoms with Gasteiger partial charge in [-0.25, -0.2) is 9.07 Å². The van der Waals surface area contributed by atoms with Gasteiger partial charge in [0.25, 0.3) is 5.91 Å². The average Bonchev–Trinajstić information content (AvgIpc) is 3.29. The molecule has 7 heteroatoms. The molecule has 0 spiro atoms. The van der Waals surface area contributed by atoms with Crippen LogP contribution in [0.2, 0.25) is 0 Å². The summed E-state index contributed by atoms with van der Waals surface area (Å²) < 4.78 is 20.7. The van der Waals surface area contributed by atoms with E-state index >= 15 is 0 Å². The molecule has 2 heterocycles. The van der Waals surface area contributed by atoms with Gasteiger partial charge in [0.05, 0.1) is 22.8 Å². The molecule has 0 radical (unpaired) electrons. The van der Waals surface area contributed by atoms with Crippen LogP contribution in [0.1, 0.15) is 15.4 Å². The third kappa shape index (κ3) is 4.00. The molecule has 0 aliphatic carbocycles. The summed E-state index contributed by atoms with van der Waals surface area (Å²) in [5.74, 6) is 0.424. The molecule has 0 unspecified atom stereocenters. The van der Waals surface area contributed by atoms with Crippen molar-refractivity contribution < 1.29 is 13.9 Å². The fraction of sp³-hybridized carbons (Fsp3) is 0.182. The zero-order valence-electron chi connectivity index (χ0n) is 16.1. The molecule has 0 bridgehead atoms. The molecule has 0 saturated carbocycles. The van der Waals surface area contributed by atoms with Gasteiger partial charge in [-0.1, -0.05) is 18.2 Å². The lowest BCUT2D eigenvalue weighted by molar-refractivity contribution is 0.0778. The van der Waals surface area contributed by atoms with Crippen molar-refractivity contribution in [1.29, 1.82) is 0 Å². The molecule has 0 fully saturated rings. The van der Waals surface area contributed by atoms with Crippen molar-refractivity contribution in [1.82, 2.24) is 14.7 Å². The summed E-state index contributed by atoms with van der Waals surface area (Å²) in [6, 6.07) is 17.6. The summed E-state index contributed by atoms with van der Waals surface area (Å²) in [6.45, 7) is 2.80. The number of halogens is 1. The zero-order valence-corrected chi connectivity index (χ0v) is 16.9. The van der Waals surface area contributed by atoms with Gasteiger partial charge in [0, 0.05) is 12.4 Å². The van der Waals surface area contributed by atoms with Crippen LogP contribution in [0.15, 0.2) is 60.7 Å². The predicted octanol–water partition coefficient (Wildman–Crippen LogP) is 4.69. The molecule has 0 aliphatic heterocycles. The van der Waals surface area contributed by atoms with Gasteiger partial charge in [-0.3, -0.25) is 4.79 Å². The zero-order chi connectivity index (χ0) is 20.4. The number of fused-ring (bicyclic) bond motifs is 1. The number of carbonyl (C=O) groups excluding carboxylic acids is 1. The molecule has 0 saturated heterocycles. The Hall–Kier alpha value is -3.19. The maximum Gasteiger partial charge on any atom is 0.263 e. The molecular weight excluding hydrogens is 389 g/mol. The third-order valence-corrected chi connectivity index (χ3v) is 5.71. The van der Waals surface area contributed by atoms with E-state index in [1.54, 1.807) is 28.8 Å². The Morgan fingerprint density at radius 1 is 1.17 bits per heavy atom. The van der Waals surface area contributed by atoms with E-state index in [4.69, 9.17) is 4.74 Å². The Bertz CT molecular complexity index is 1140. The number of amides is 1. The van der Waals surface area contributed by atoms with E-state index in [-0.39, 0.29) is 11.7 Å². The normalized spacial score (nSPS) is 11.0. The largest absolute Gasteiger partial charge is 0.492 e. The second kappa shape index (κ2) is 8.05. The number of thiophene rings is 1. The fourth-order valence-electron chi connectivity index (χ4n) is 3.02. The molecular formula is C22H20FN3O2S. The average molecular weight is 409 g/mol. The van der Waals surface area contributed by atoms with Crippen LogP contribution >= 0.6 is 11.3 Å². The van der Waals surface area contributed by atoms with Crippen LogP contribution < -0.4 is 4.74 Å². The number of hydrogen-bond donors (Lipinski definition) is 0.